The molecule has 0 aliphatic carbocycles. The maximum atomic E-state index is 9.09. The highest BCUT2D eigenvalue weighted by Crippen LogP contribution is 2.08. The fraction of sp³-hybridized carbons (Fsp3) is 0.714. The molecule has 0 fully saturated rings. The summed E-state index contributed by atoms with van der Waals surface area (Å²) in [7, 11) is 0. The predicted octanol–water partition coefficient (Wildman–Crippen LogP) is 1.17. The fourth-order valence-electron chi connectivity index (χ4n) is 0.559. The zero-order valence-electron chi connectivity index (χ0n) is 5.44. The first-order chi connectivity index (χ1) is 3.62. The van der Waals surface area contributed by atoms with Gasteiger partial charge >= 0.3 is 0 Å². The summed E-state index contributed by atoms with van der Waals surface area (Å²) in [6, 6.07) is 0. The first-order valence-electron chi connectivity index (χ1n) is 2.82. The van der Waals surface area contributed by atoms with Gasteiger partial charge in [-0.05, 0) is 13.3 Å². The molecule has 0 aliphatic heterocycles. The minimum atomic E-state index is -0.880. The van der Waals surface area contributed by atoms with Crippen molar-refractivity contribution in [2.24, 2.45) is 0 Å². The van der Waals surface area contributed by atoms with Crippen LogP contribution in [0.25, 0.3) is 0 Å². The quantitative estimate of drug-likeness (QED) is 0.532. The lowest BCUT2D eigenvalue weighted by Gasteiger charge is -2.13. The summed E-state index contributed by atoms with van der Waals surface area (Å²) >= 11 is 0. The van der Waals surface area contributed by atoms with Crippen molar-refractivity contribution in [3.63, 3.8) is 0 Å². The summed E-state index contributed by atoms with van der Waals surface area (Å²) in [4.78, 5) is 0. The highest BCUT2D eigenvalue weighted by atomic mass is 16.3. The lowest BCUT2D eigenvalue weighted by atomic mass is 10.0. The van der Waals surface area contributed by atoms with Crippen molar-refractivity contribution in [2.75, 3.05) is 0 Å². The molecule has 0 aromatic carbocycles. The van der Waals surface area contributed by atoms with Crippen LogP contribution in [-0.4, -0.2) is 10.7 Å². The Balaban J connectivity index is 3.59. The van der Waals surface area contributed by atoms with Crippen LogP contribution in [-0.2, 0) is 0 Å². The molecule has 0 heterocycles. The number of terminal acetylenes is 1. The van der Waals surface area contributed by atoms with E-state index in [0.29, 0.717) is 6.42 Å². The Kier molecular flexibility index (Phi) is 2.57. The molecule has 1 nitrogen and oxygen atoms in total. The topological polar surface area (TPSA) is 20.2 Å². The van der Waals surface area contributed by atoms with E-state index >= 15 is 0 Å². The van der Waals surface area contributed by atoms with Gasteiger partial charge in [0.15, 0.2) is 0 Å². The third-order valence-electron chi connectivity index (χ3n) is 1.05. The van der Waals surface area contributed by atoms with Gasteiger partial charge < -0.3 is 5.11 Å². The Labute approximate surface area is 50.7 Å². The molecular weight excluding hydrogens is 100 g/mol. The number of hydrogen-bond donors (Lipinski definition) is 1. The van der Waals surface area contributed by atoms with Crippen molar-refractivity contribution < 1.29 is 5.11 Å². The van der Waals surface area contributed by atoms with E-state index in [1.54, 1.807) is 6.92 Å². The van der Waals surface area contributed by atoms with E-state index in [-0.39, 0.29) is 0 Å². The first kappa shape index (κ1) is 7.52. The average molecular weight is 112 g/mol. The van der Waals surface area contributed by atoms with Gasteiger partial charge in [-0.2, -0.15) is 0 Å². The standard InChI is InChI=1S/C7H12O/c1-4-6-7(3,8)5-2/h2,8H,4,6H2,1,3H3/t7-/m0/s1. The summed E-state index contributed by atoms with van der Waals surface area (Å²) in [5.41, 5.74) is -0.880. The summed E-state index contributed by atoms with van der Waals surface area (Å²) in [6.07, 6.45) is 6.60. The Bertz CT molecular complexity index is 97.4. The number of aliphatic hydroxyl groups is 1. The van der Waals surface area contributed by atoms with Crippen LogP contribution in [0.5, 0.6) is 0 Å². The van der Waals surface area contributed by atoms with E-state index in [4.69, 9.17) is 11.5 Å². The van der Waals surface area contributed by atoms with Crippen LogP contribution in [0.4, 0.5) is 0 Å². The van der Waals surface area contributed by atoms with Crippen LogP contribution in [0.2, 0.25) is 0 Å². The average Bonchev–Trinajstić information content (AvgIpc) is 1.67. The van der Waals surface area contributed by atoms with Crippen LogP contribution in [0.15, 0.2) is 0 Å². The molecule has 0 aromatic heterocycles. The molecular formula is C7H12O. The molecule has 1 heteroatoms. The first-order valence-corrected chi connectivity index (χ1v) is 2.82. The zero-order valence-corrected chi connectivity index (χ0v) is 5.44. The van der Waals surface area contributed by atoms with Gasteiger partial charge in [-0.25, -0.2) is 0 Å². The lowest BCUT2D eigenvalue weighted by Crippen LogP contribution is -2.19. The van der Waals surface area contributed by atoms with Crippen molar-refractivity contribution in [1.29, 1.82) is 0 Å². The second-order valence-electron chi connectivity index (χ2n) is 2.17. The summed E-state index contributed by atoms with van der Waals surface area (Å²) in [5, 5.41) is 9.09. The van der Waals surface area contributed by atoms with Gasteiger partial charge in [0, 0.05) is 0 Å². The van der Waals surface area contributed by atoms with Gasteiger partial charge in [0.25, 0.3) is 0 Å². The SMILES string of the molecule is C#C[C@](C)(O)CCC. The molecule has 0 aromatic rings. The zero-order chi connectivity index (χ0) is 6.62. The Morgan fingerprint density at radius 2 is 2.25 bits per heavy atom. The molecule has 0 rings (SSSR count). The van der Waals surface area contributed by atoms with Crippen LogP contribution >= 0.6 is 0 Å². The smallest absolute Gasteiger partial charge is 0.122 e. The van der Waals surface area contributed by atoms with Gasteiger partial charge in [-0.3, -0.25) is 0 Å². The largest absolute Gasteiger partial charge is 0.378 e. The van der Waals surface area contributed by atoms with E-state index in [1.807, 2.05) is 6.92 Å². The van der Waals surface area contributed by atoms with Gasteiger partial charge in [0.1, 0.15) is 5.60 Å². The Morgan fingerprint density at radius 1 is 1.75 bits per heavy atom. The molecule has 0 amide bonds. The molecule has 0 saturated heterocycles. The van der Waals surface area contributed by atoms with Crippen molar-refractivity contribution in [3.05, 3.63) is 0 Å². The monoisotopic (exact) mass is 112 g/mol. The lowest BCUT2D eigenvalue weighted by molar-refractivity contribution is 0.111. The second kappa shape index (κ2) is 2.74. The van der Waals surface area contributed by atoms with Crippen LogP contribution in [0.1, 0.15) is 26.7 Å². The minimum Gasteiger partial charge on any atom is -0.378 e. The molecule has 46 valence electrons. The molecule has 0 saturated carbocycles. The third kappa shape index (κ3) is 2.65. The van der Waals surface area contributed by atoms with Crippen molar-refractivity contribution in [3.8, 4) is 12.3 Å². The van der Waals surface area contributed by atoms with Gasteiger partial charge in [0.05, 0.1) is 0 Å². The van der Waals surface area contributed by atoms with Gasteiger partial charge in [-0.1, -0.05) is 19.3 Å². The molecule has 0 unspecified atom stereocenters. The second-order valence-corrected chi connectivity index (χ2v) is 2.17. The summed E-state index contributed by atoms with van der Waals surface area (Å²) < 4.78 is 0. The molecule has 0 aliphatic rings. The third-order valence-corrected chi connectivity index (χ3v) is 1.05. The van der Waals surface area contributed by atoms with Crippen molar-refractivity contribution >= 4 is 0 Å². The van der Waals surface area contributed by atoms with E-state index in [0.717, 1.165) is 6.42 Å². The van der Waals surface area contributed by atoms with Gasteiger partial charge in [0.2, 0.25) is 0 Å². The van der Waals surface area contributed by atoms with Crippen LogP contribution < -0.4 is 0 Å². The minimum absolute atomic E-state index is 0.684. The van der Waals surface area contributed by atoms with Crippen LogP contribution in [0.3, 0.4) is 0 Å². The molecule has 0 bridgehead atoms. The predicted molar refractivity (Wildman–Crippen MR) is 34.4 cm³/mol. The maximum absolute atomic E-state index is 9.09. The number of rotatable bonds is 2. The molecule has 0 spiro atoms. The van der Waals surface area contributed by atoms with Crippen LogP contribution in [0, 0.1) is 12.3 Å². The van der Waals surface area contributed by atoms with E-state index in [9.17, 15) is 0 Å². The van der Waals surface area contributed by atoms with E-state index in [2.05, 4.69) is 5.92 Å². The Morgan fingerprint density at radius 3 is 2.38 bits per heavy atom. The summed E-state index contributed by atoms with van der Waals surface area (Å²) in [5.74, 6) is 2.30. The van der Waals surface area contributed by atoms with Gasteiger partial charge in [-0.15, -0.1) is 6.42 Å². The molecule has 8 heavy (non-hydrogen) atoms. The van der Waals surface area contributed by atoms with E-state index in [1.165, 1.54) is 0 Å². The van der Waals surface area contributed by atoms with Crippen molar-refractivity contribution in [1.82, 2.24) is 0 Å². The number of hydrogen-bond acceptors (Lipinski definition) is 1. The highest BCUT2D eigenvalue weighted by Gasteiger charge is 2.12. The maximum Gasteiger partial charge on any atom is 0.122 e. The normalized spacial score (nSPS) is 16.8. The fourth-order valence-corrected chi connectivity index (χ4v) is 0.559. The highest BCUT2D eigenvalue weighted by molar-refractivity contribution is 5.03. The molecule has 0 radical (unpaired) electrons. The summed E-state index contributed by atoms with van der Waals surface area (Å²) in [6.45, 7) is 3.64. The van der Waals surface area contributed by atoms with Crippen molar-refractivity contribution in [2.45, 2.75) is 32.3 Å². The molecule has 1 atom stereocenters. The van der Waals surface area contributed by atoms with E-state index < -0.39 is 5.60 Å². The molecule has 1 N–H and O–H groups in total. The Hall–Kier alpha value is -0.480.